The van der Waals surface area contributed by atoms with E-state index < -0.39 is 0 Å². The molecule has 2 aliphatic heterocycles. The van der Waals surface area contributed by atoms with Crippen LogP contribution in [0.25, 0.3) is 0 Å². The minimum atomic E-state index is -0.348. The highest BCUT2D eigenvalue weighted by Crippen LogP contribution is 2.25. The van der Waals surface area contributed by atoms with Crippen molar-refractivity contribution in [3.05, 3.63) is 29.6 Å². The van der Waals surface area contributed by atoms with E-state index in [0.717, 1.165) is 51.5 Å². The Morgan fingerprint density at radius 3 is 2.75 bits per heavy atom. The van der Waals surface area contributed by atoms with Crippen LogP contribution in [-0.2, 0) is 4.74 Å². The lowest BCUT2D eigenvalue weighted by Gasteiger charge is -2.32. The van der Waals surface area contributed by atoms with Crippen molar-refractivity contribution in [2.45, 2.75) is 12.5 Å². The molecule has 1 aromatic rings. The van der Waals surface area contributed by atoms with Gasteiger partial charge in [-0.25, -0.2) is 4.39 Å². The fourth-order valence-electron chi connectivity index (χ4n) is 3.06. The van der Waals surface area contributed by atoms with Crippen molar-refractivity contribution in [2.24, 2.45) is 0 Å². The van der Waals surface area contributed by atoms with E-state index in [1.807, 2.05) is 0 Å². The molecule has 2 fully saturated rings. The van der Waals surface area contributed by atoms with Crippen molar-refractivity contribution in [1.82, 2.24) is 4.90 Å². The lowest BCUT2D eigenvalue weighted by atomic mass is 10.2. The molecule has 0 amide bonds. The molecule has 0 spiro atoms. The number of rotatable bonds is 3. The van der Waals surface area contributed by atoms with Crippen LogP contribution in [0.4, 0.5) is 10.1 Å². The molecule has 0 N–H and O–H groups in total. The summed E-state index contributed by atoms with van der Waals surface area (Å²) in [7, 11) is 0. The number of hydrogen-bond acceptors (Lipinski definition) is 4. The third-order valence-corrected chi connectivity index (χ3v) is 4.13. The number of hydrogen-bond donors (Lipinski definition) is 0. The molecule has 2 heterocycles. The first kappa shape index (κ1) is 13.5. The average Bonchev–Trinajstić information content (AvgIpc) is 2.97. The highest BCUT2D eigenvalue weighted by Gasteiger charge is 2.29. The van der Waals surface area contributed by atoms with Crippen LogP contribution in [0.5, 0.6) is 0 Å². The Hall–Kier alpha value is -1.46. The van der Waals surface area contributed by atoms with E-state index in [-0.39, 0.29) is 5.82 Å². The van der Waals surface area contributed by atoms with Gasteiger partial charge in [0, 0.05) is 43.5 Å². The molecule has 0 radical (unpaired) electrons. The van der Waals surface area contributed by atoms with E-state index in [1.165, 1.54) is 12.1 Å². The lowest BCUT2D eigenvalue weighted by Crippen LogP contribution is -2.44. The van der Waals surface area contributed by atoms with Gasteiger partial charge in [0.25, 0.3) is 0 Å². The topological polar surface area (TPSA) is 32.8 Å². The van der Waals surface area contributed by atoms with E-state index in [1.54, 1.807) is 6.07 Å². The van der Waals surface area contributed by atoms with Gasteiger partial charge in [-0.05, 0) is 24.6 Å². The first-order valence-electron chi connectivity index (χ1n) is 7.09. The van der Waals surface area contributed by atoms with Gasteiger partial charge in [-0.3, -0.25) is 9.69 Å². The largest absolute Gasteiger partial charge is 0.379 e. The molecular weight excluding hydrogens is 259 g/mol. The summed E-state index contributed by atoms with van der Waals surface area (Å²) in [5.41, 5.74) is 1.21. The second-order valence-corrected chi connectivity index (χ2v) is 5.40. The SMILES string of the molecule is O=Cc1cc(F)cc(N2CCC(N3CCOCC3)C2)c1. The number of morpholine rings is 1. The number of nitrogens with zero attached hydrogens (tertiary/aromatic N) is 2. The van der Waals surface area contributed by atoms with Gasteiger partial charge in [0.2, 0.25) is 0 Å². The van der Waals surface area contributed by atoms with E-state index in [2.05, 4.69) is 9.80 Å². The van der Waals surface area contributed by atoms with Crippen LogP contribution < -0.4 is 4.90 Å². The van der Waals surface area contributed by atoms with Gasteiger partial charge in [-0.2, -0.15) is 0 Å². The molecule has 0 saturated carbocycles. The summed E-state index contributed by atoms with van der Waals surface area (Å²) in [4.78, 5) is 15.4. The number of benzene rings is 1. The maximum Gasteiger partial charge on any atom is 0.150 e. The summed E-state index contributed by atoms with van der Waals surface area (Å²) in [5, 5.41) is 0. The highest BCUT2D eigenvalue weighted by molar-refractivity contribution is 5.77. The van der Waals surface area contributed by atoms with Crippen LogP contribution in [0.3, 0.4) is 0 Å². The van der Waals surface area contributed by atoms with E-state index in [9.17, 15) is 9.18 Å². The molecule has 0 aliphatic carbocycles. The van der Waals surface area contributed by atoms with Crippen LogP contribution in [0.15, 0.2) is 18.2 Å². The summed E-state index contributed by atoms with van der Waals surface area (Å²) >= 11 is 0. The molecule has 1 atom stereocenters. The fourth-order valence-corrected chi connectivity index (χ4v) is 3.06. The van der Waals surface area contributed by atoms with E-state index in [4.69, 9.17) is 4.74 Å². The molecular formula is C15H19FN2O2. The Balaban J connectivity index is 1.70. The third kappa shape index (κ3) is 2.83. The standard InChI is InChI=1S/C15H19FN2O2/c16-13-7-12(11-19)8-15(9-13)18-2-1-14(10-18)17-3-5-20-6-4-17/h7-9,11,14H,1-6,10H2. The molecule has 0 bridgehead atoms. The summed E-state index contributed by atoms with van der Waals surface area (Å²) in [6, 6.07) is 5.04. The molecule has 3 rings (SSSR count). The monoisotopic (exact) mass is 278 g/mol. The zero-order valence-electron chi connectivity index (χ0n) is 11.4. The first-order chi connectivity index (χ1) is 9.76. The predicted molar refractivity (Wildman–Crippen MR) is 74.8 cm³/mol. The first-order valence-corrected chi connectivity index (χ1v) is 7.09. The maximum atomic E-state index is 13.5. The number of ether oxygens (including phenoxy) is 1. The Kier molecular flexibility index (Phi) is 3.98. The minimum Gasteiger partial charge on any atom is -0.379 e. The molecule has 1 unspecified atom stereocenters. The third-order valence-electron chi connectivity index (χ3n) is 4.13. The number of carbonyl (C=O) groups excluding carboxylic acids is 1. The van der Waals surface area contributed by atoms with Crippen LogP contribution in [-0.4, -0.2) is 56.6 Å². The number of carbonyl (C=O) groups is 1. The Morgan fingerprint density at radius 2 is 2.00 bits per heavy atom. The Bertz CT molecular complexity index is 489. The second-order valence-electron chi connectivity index (χ2n) is 5.40. The fraction of sp³-hybridized carbons (Fsp3) is 0.533. The molecule has 2 aliphatic rings. The molecule has 2 saturated heterocycles. The van der Waals surface area contributed by atoms with Gasteiger partial charge in [0.1, 0.15) is 12.1 Å². The van der Waals surface area contributed by atoms with Crippen molar-refractivity contribution >= 4 is 12.0 Å². The molecule has 20 heavy (non-hydrogen) atoms. The summed E-state index contributed by atoms with van der Waals surface area (Å²) < 4.78 is 18.9. The second kappa shape index (κ2) is 5.89. The Morgan fingerprint density at radius 1 is 1.20 bits per heavy atom. The molecule has 0 aromatic heterocycles. The van der Waals surface area contributed by atoms with Crippen molar-refractivity contribution in [1.29, 1.82) is 0 Å². The Labute approximate surface area is 118 Å². The maximum absolute atomic E-state index is 13.5. The minimum absolute atomic E-state index is 0.348. The van der Waals surface area contributed by atoms with Gasteiger partial charge < -0.3 is 9.64 Å². The van der Waals surface area contributed by atoms with Gasteiger partial charge in [0.15, 0.2) is 0 Å². The average molecular weight is 278 g/mol. The molecule has 1 aromatic carbocycles. The number of halogens is 1. The van der Waals surface area contributed by atoms with Crippen LogP contribution >= 0.6 is 0 Å². The summed E-state index contributed by atoms with van der Waals surface area (Å²) in [6.45, 7) is 5.34. The zero-order chi connectivity index (χ0) is 13.9. The van der Waals surface area contributed by atoms with Crippen molar-refractivity contribution in [2.75, 3.05) is 44.3 Å². The quantitative estimate of drug-likeness (QED) is 0.785. The lowest BCUT2D eigenvalue weighted by molar-refractivity contribution is 0.0209. The van der Waals surface area contributed by atoms with E-state index in [0.29, 0.717) is 17.9 Å². The van der Waals surface area contributed by atoms with Crippen molar-refractivity contribution in [3.63, 3.8) is 0 Å². The number of aldehydes is 1. The predicted octanol–water partition coefficient (Wildman–Crippen LogP) is 1.55. The smallest absolute Gasteiger partial charge is 0.150 e. The van der Waals surface area contributed by atoms with Gasteiger partial charge in [-0.1, -0.05) is 0 Å². The number of anilines is 1. The van der Waals surface area contributed by atoms with Crippen LogP contribution in [0.2, 0.25) is 0 Å². The van der Waals surface area contributed by atoms with Crippen molar-refractivity contribution < 1.29 is 13.9 Å². The van der Waals surface area contributed by atoms with Crippen molar-refractivity contribution in [3.8, 4) is 0 Å². The summed E-state index contributed by atoms with van der Waals surface area (Å²) in [5.74, 6) is -0.348. The normalized spacial score (nSPS) is 24.1. The zero-order valence-corrected chi connectivity index (χ0v) is 11.4. The van der Waals surface area contributed by atoms with Gasteiger partial charge in [0.05, 0.1) is 13.2 Å². The summed E-state index contributed by atoms with van der Waals surface area (Å²) in [6.07, 6.45) is 1.77. The molecule has 108 valence electrons. The highest BCUT2D eigenvalue weighted by atomic mass is 19.1. The van der Waals surface area contributed by atoms with E-state index >= 15 is 0 Å². The van der Waals surface area contributed by atoms with Crippen LogP contribution in [0, 0.1) is 5.82 Å². The molecule has 4 nitrogen and oxygen atoms in total. The van der Waals surface area contributed by atoms with Crippen LogP contribution in [0.1, 0.15) is 16.8 Å². The van der Waals surface area contributed by atoms with Gasteiger partial charge in [-0.15, -0.1) is 0 Å². The molecule has 5 heteroatoms. The van der Waals surface area contributed by atoms with Gasteiger partial charge >= 0.3 is 0 Å².